The molecule has 0 aromatic heterocycles. The maximum atomic E-state index is 14.1. The van der Waals surface area contributed by atoms with Crippen molar-refractivity contribution in [3.63, 3.8) is 0 Å². The average Bonchev–Trinajstić information content (AvgIpc) is 3.23. The van der Waals surface area contributed by atoms with Crippen LogP contribution < -0.4 is 10.6 Å². The zero-order chi connectivity index (χ0) is 23.9. The lowest BCUT2D eigenvalue weighted by atomic mass is 9.88. The van der Waals surface area contributed by atoms with Crippen molar-refractivity contribution >= 4 is 17.5 Å². The van der Waals surface area contributed by atoms with E-state index in [1.54, 1.807) is 6.07 Å². The van der Waals surface area contributed by atoms with Gasteiger partial charge in [0.15, 0.2) is 0 Å². The molecule has 0 spiro atoms. The summed E-state index contributed by atoms with van der Waals surface area (Å²) in [6, 6.07) is 0.469. The fourth-order valence-corrected chi connectivity index (χ4v) is 5.45. The minimum absolute atomic E-state index is 0.0439. The van der Waals surface area contributed by atoms with Crippen LogP contribution in [0.2, 0.25) is 0 Å². The lowest BCUT2D eigenvalue weighted by Crippen LogP contribution is -2.62. The van der Waals surface area contributed by atoms with Gasteiger partial charge in [0.1, 0.15) is 17.9 Å². The molecule has 1 unspecified atom stereocenters. The predicted octanol–water partition coefficient (Wildman–Crippen LogP) is 2.99. The van der Waals surface area contributed by atoms with Crippen LogP contribution in [0.25, 0.3) is 0 Å². The van der Waals surface area contributed by atoms with E-state index in [4.69, 9.17) is 0 Å². The van der Waals surface area contributed by atoms with Gasteiger partial charge in [0, 0.05) is 56.3 Å². The standard InChI is InChI=1S/C23H30F4N4O2/c1-13-6-7-18(24)17-11-19(29-21(13)17)22(33)28-15-4-3-5-16(10-15)30-8-9-31(14(2)32)20(12-30)23(25,26)27/h6-7,15-16,19-20,29H,3-5,8-12H2,1-2H3,(H,28,33)/t15-,16+,19?,20-/m1/s1. The minimum atomic E-state index is -4.48. The van der Waals surface area contributed by atoms with Crippen LogP contribution in [0.5, 0.6) is 0 Å². The zero-order valence-electron chi connectivity index (χ0n) is 18.8. The maximum Gasteiger partial charge on any atom is 0.410 e. The lowest BCUT2D eigenvalue weighted by molar-refractivity contribution is -0.202. The Labute approximate surface area is 190 Å². The second-order valence-corrected chi connectivity index (χ2v) is 9.41. The van der Waals surface area contributed by atoms with E-state index in [0.717, 1.165) is 29.7 Å². The molecule has 3 aliphatic rings. The zero-order valence-corrected chi connectivity index (χ0v) is 18.8. The van der Waals surface area contributed by atoms with E-state index in [9.17, 15) is 27.2 Å². The van der Waals surface area contributed by atoms with Crippen molar-refractivity contribution in [2.24, 2.45) is 0 Å². The molecule has 2 aliphatic heterocycles. The number of piperazine rings is 1. The highest BCUT2D eigenvalue weighted by Crippen LogP contribution is 2.33. The van der Waals surface area contributed by atoms with Gasteiger partial charge in [0.25, 0.3) is 0 Å². The second-order valence-electron chi connectivity index (χ2n) is 9.41. The number of nitrogens with zero attached hydrogens (tertiary/aromatic N) is 2. The van der Waals surface area contributed by atoms with Gasteiger partial charge in [-0.2, -0.15) is 13.2 Å². The van der Waals surface area contributed by atoms with Crippen LogP contribution >= 0.6 is 0 Å². The number of hydrogen-bond donors (Lipinski definition) is 2. The quantitative estimate of drug-likeness (QED) is 0.667. The van der Waals surface area contributed by atoms with Crippen molar-refractivity contribution < 1.29 is 27.2 Å². The topological polar surface area (TPSA) is 64.7 Å². The molecule has 0 bridgehead atoms. The van der Waals surface area contributed by atoms with E-state index in [2.05, 4.69) is 10.6 Å². The maximum absolute atomic E-state index is 14.1. The molecule has 1 saturated carbocycles. The molecule has 1 aliphatic carbocycles. The molecule has 4 rings (SSSR count). The number of fused-ring (bicyclic) bond motifs is 1. The Balaban J connectivity index is 1.36. The number of amides is 2. The summed E-state index contributed by atoms with van der Waals surface area (Å²) in [5.41, 5.74) is 2.06. The van der Waals surface area contributed by atoms with E-state index in [1.165, 1.54) is 13.0 Å². The third-order valence-electron chi connectivity index (χ3n) is 7.21. The molecule has 2 heterocycles. The van der Waals surface area contributed by atoms with Gasteiger partial charge in [-0.25, -0.2) is 4.39 Å². The van der Waals surface area contributed by atoms with Crippen LogP contribution in [-0.4, -0.2) is 71.6 Å². The van der Waals surface area contributed by atoms with Gasteiger partial charge in [-0.1, -0.05) is 6.07 Å². The van der Waals surface area contributed by atoms with Crippen LogP contribution in [0.3, 0.4) is 0 Å². The largest absolute Gasteiger partial charge is 0.410 e. The predicted molar refractivity (Wildman–Crippen MR) is 115 cm³/mol. The summed E-state index contributed by atoms with van der Waals surface area (Å²) in [6.45, 7) is 3.21. The minimum Gasteiger partial charge on any atom is -0.373 e. The molecule has 2 fully saturated rings. The number of carbonyl (C=O) groups is 2. The van der Waals surface area contributed by atoms with Crippen LogP contribution in [0.15, 0.2) is 12.1 Å². The summed E-state index contributed by atoms with van der Waals surface area (Å²) < 4.78 is 54.8. The Kier molecular flexibility index (Phi) is 6.57. The fraction of sp³-hybridized carbons (Fsp3) is 0.652. The van der Waals surface area contributed by atoms with Gasteiger partial charge < -0.3 is 15.5 Å². The number of aryl methyl sites for hydroxylation is 1. The summed E-state index contributed by atoms with van der Waals surface area (Å²) in [7, 11) is 0. The molecule has 1 saturated heterocycles. The van der Waals surface area contributed by atoms with Crippen molar-refractivity contribution in [2.45, 2.75) is 76.3 Å². The van der Waals surface area contributed by atoms with E-state index in [0.29, 0.717) is 24.2 Å². The first-order chi connectivity index (χ1) is 15.5. The smallest absolute Gasteiger partial charge is 0.373 e. The lowest BCUT2D eigenvalue weighted by Gasteiger charge is -2.46. The molecule has 10 heteroatoms. The average molecular weight is 471 g/mol. The monoisotopic (exact) mass is 470 g/mol. The van der Waals surface area contributed by atoms with Gasteiger partial charge in [-0.3, -0.25) is 14.5 Å². The summed E-state index contributed by atoms with van der Waals surface area (Å²) in [6.07, 6.45) is -1.34. The van der Waals surface area contributed by atoms with Crippen molar-refractivity contribution in [3.05, 3.63) is 29.1 Å². The normalized spacial score (nSPS) is 28.2. The number of anilines is 1. The van der Waals surface area contributed by atoms with Crippen LogP contribution in [0.1, 0.15) is 43.7 Å². The number of rotatable bonds is 3. The molecule has 1 aromatic rings. The fourth-order valence-electron chi connectivity index (χ4n) is 5.45. The van der Waals surface area contributed by atoms with Crippen LogP contribution in [-0.2, 0) is 16.0 Å². The number of carbonyl (C=O) groups excluding carboxylic acids is 2. The first-order valence-corrected chi connectivity index (χ1v) is 11.5. The Morgan fingerprint density at radius 3 is 2.61 bits per heavy atom. The van der Waals surface area contributed by atoms with Gasteiger partial charge in [0.2, 0.25) is 11.8 Å². The Hall–Kier alpha value is -2.36. The van der Waals surface area contributed by atoms with Gasteiger partial charge >= 0.3 is 6.18 Å². The van der Waals surface area contributed by atoms with Gasteiger partial charge in [-0.05, 0) is 44.2 Å². The first-order valence-electron chi connectivity index (χ1n) is 11.5. The number of halogens is 4. The van der Waals surface area contributed by atoms with Crippen molar-refractivity contribution in [1.29, 1.82) is 0 Å². The highest BCUT2D eigenvalue weighted by atomic mass is 19.4. The van der Waals surface area contributed by atoms with Crippen LogP contribution in [0, 0.1) is 12.7 Å². The molecule has 0 radical (unpaired) electrons. The van der Waals surface area contributed by atoms with E-state index in [1.807, 2.05) is 11.8 Å². The van der Waals surface area contributed by atoms with Gasteiger partial charge in [0.05, 0.1) is 0 Å². The second kappa shape index (κ2) is 9.12. The highest BCUT2D eigenvalue weighted by Gasteiger charge is 2.48. The molecule has 4 atom stereocenters. The molecule has 2 N–H and O–H groups in total. The van der Waals surface area contributed by atoms with Crippen LogP contribution in [0.4, 0.5) is 23.2 Å². The number of hydrogen-bond acceptors (Lipinski definition) is 4. The molecule has 1 aromatic carbocycles. The molecular weight excluding hydrogens is 440 g/mol. The van der Waals surface area contributed by atoms with E-state index < -0.39 is 24.2 Å². The Morgan fingerprint density at radius 2 is 1.94 bits per heavy atom. The third kappa shape index (κ3) is 4.95. The molecule has 6 nitrogen and oxygen atoms in total. The molecule has 2 amide bonds. The molecular formula is C23H30F4N4O2. The summed E-state index contributed by atoms with van der Waals surface area (Å²) >= 11 is 0. The van der Waals surface area contributed by atoms with E-state index >= 15 is 0 Å². The SMILES string of the molecule is CC(=O)N1CCN([C@H]2CCC[C@@H](NC(=O)C3Cc4c(F)ccc(C)c4N3)C2)C[C@@H]1C(F)(F)F. The molecule has 33 heavy (non-hydrogen) atoms. The van der Waals surface area contributed by atoms with Gasteiger partial charge in [-0.15, -0.1) is 0 Å². The number of alkyl halides is 3. The Bertz CT molecular complexity index is 891. The van der Waals surface area contributed by atoms with Crippen molar-refractivity contribution in [1.82, 2.24) is 15.1 Å². The molecule has 182 valence electrons. The van der Waals surface area contributed by atoms with E-state index in [-0.39, 0.29) is 43.3 Å². The summed E-state index contributed by atoms with van der Waals surface area (Å²) in [5.74, 6) is -1.12. The number of nitrogens with one attached hydrogen (secondary N) is 2. The van der Waals surface area contributed by atoms with Crippen molar-refractivity contribution in [3.8, 4) is 0 Å². The third-order valence-corrected chi connectivity index (χ3v) is 7.21. The summed E-state index contributed by atoms with van der Waals surface area (Å²) in [5, 5.41) is 6.16. The highest BCUT2D eigenvalue weighted by molar-refractivity contribution is 5.88. The summed E-state index contributed by atoms with van der Waals surface area (Å²) in [4.78, 5) is 27.3. The number of benzene rings is 1. The Morgan fingerprint density at radius 1 is 1.18 bits per heavy atom. The van der Waals surface area contributed by atoms with Crippen molar-refractivity contribution in [2.75, 3.05) is 25.0 Å². The first kappa shape index (κ1) is 23.8.